The average molecular weight is 372 g/mol. The molecule has 1 aromatic carbocycles. The maximum atomic E-state index is 12.2. The van der Waals surface area contributed by atoms with Crippen molar-refractivity contribution in [2.24, 2.45) is 4.99 Å². The van der Waals surface area contributed by atoms with Gasteiger partial charge >= 0.3 is 0 Å². The van der Waals surface area contributed by atoms with E-state index in [2.05, 4.69) is 4.99 Å². The van der Waals surface area contributed by atoms with Crippen molar-refractivity contribution in [3.63, 3.8) is 0 Å². The minimum atomic E-state index is -0.264. The van der Waals surface area contributed by atoms with Crippen LogP contribution in [0.3, 0.4) is 0 Å². The quantitative estimate of drug-likeness (QED) is 0.659. The number of hydrogen-bond acceptors (Lipinski definition) is 5. The van der Waals surface area contributed by atoms with Gasteiger partial charge in [-0.15, -0.1) is 11.3 Å². The SMILES string of the molecule is CCn1c(=NC(=O)/C=C/c2cccs2)sc2cc3c(cc21)OCCO3. The molecule has 0 bridgehead atoms. The molecule has 3 heterocycles. The maximum Gasteiger partial charge on any atom is 0.272 e. The number of thiophene rings is 1. The zero-order valence-electron chi connectivity index (χ0n) is 13.6. The van der Waals surface area contributed by atoms with Gasteiger partial charge in [0.15, 0.2) is 16.3 Å². The highest BCUT2D eigenvalue weighted by atomic mass is 32.1. The van der Waals surface area contributed by atoms with Gasteiger partial charge in [-0.1, -0.05) is 17.4 Å². The predicted octanol–water partition coefficient (Wildman–Crippen LogP) is 3.70. The standard InChI is InChI=1S/C18H16N2O3S2/c1-2-20-13-10-14-15(23-8-7-22-14)11-16(13)25-18(20)19-17(21)6-5-12-4-3-9-24-12/h3-6,9-11H,2,7-8H2,1H3/b6-5+,19-18?. The average Bonchev–Trinajstić information content (AvgIpc) is 3.25. The van der Waals surface area contributed by atoms with Gasteiger partial charge in [0, 0.05) is 29.6 Å². The Labute approximate surface area is 152 Å². The number of carbonyl (C=O) groups is 1. The van der Waals surface area contributed by atoms with E-state index in [9.17, 15) is 4.79 Å². The van der Waals surface area contributed by atoms with Crippen LogP contribution >= 0.6 is 22.7 Å². The van der Waals surface area contributed by atoms with Gasteiger partial charge in [-0.05, 0) is 24.4 Å². The number of amides is 1. The summed E-state index contributed by atoms with van der Waals surface area (Å²) in [5.74, 6) is 1.23. The van der Waals surface area contributed by atoms with Crippen LogP contribution in [-0.4, -0.2) is 23.7 Å². The third-order valence-corrected chi connectivity index (χ3v) is 5.68. The Kier molecular flexibility index (Phi) is 4.42. The maximum absolute atomic E-state index is 12.2. The van der Waals surface area contributed by atoms with E-state index in [1.54, 1.807) is 17.4 Å². The van der Waals surface area contributed by atoms with Crippen LogP contribution in [0.25, 0.3) is 16.3 Å². The molecule has 128 valence electrons. The number of hydrogen-bond donors (Lipinski definition) is 0. The van der Waals surface area contributed by atoms with Gasteiger partial charge in [-0.25, -0.2) is 0 Å². The van der Waals surface area contributed by atoms with Crippen LogP contribution in [0.4, 0.5) is 0 Å². The van der Waals surface area contributed by atoms with Crippen LogP contribution < -0.4 is 14.3 Å². The van der Waals surface area contributed by atoms with E-state index in [1.807, 2.05) is 41.1 Å². The Bertz CT molecular complexity index is 1010. The van der Waals surface area contributed by atoms with Crippen molar-refractivity contribution in [1.29, 1.82) is 0 Å². The van der Waals surface area contributed by atoms with Gasteiger partial charge in [0.25, 0.3) is 5.91 Å². The highest BCUT2D eigenvalue weighted by molar-refractivity contribution is 7.16. The number of aryl methyl sites for hydroxylation is 1. The molecule has 0 spiro atoms. The van der Waals surface area contributed by atoms with Gasteiger partial charge in [0.2, 0.25) is 0 Å². The molecule has 0 aliphatic carbocycles. The second kappa shape index (κ2) is 6.85. The summed E-state index contributed by atoms with van der Waals surface area (Å²) in [6, 6.07) is 7.85. The molecule has 1 aliphatic rings. The van der Waals surface area contributed by atoms with Crippen LogP contribution in [0.15, 0.2) is 40.7 Å². The summed E-state index contributed by atoms with van der Waals surface area (Å²) >= 11 is 3.07. The third kappa shape index (κ3) is 3.25. The van der Waals surface area contributed by atoms with Crippen LogP contribution in [0, 0.1) is 0 Å². The van der Waals surface area contributed by atoms with E-state index in [4.69, 9.17) is 9.47 Å². The molecule has 0 fully saturated rings. The fraction of sp³-hybridized carbons (Fsp3) is 0.222. The monoisotopic (exact) mass is 372 g/mol. The first kappa shape index (κ1) is 16.1. The van der Waals surface area contributed by atoms with Gasteiger partial charge in [0.1, 0.15) is 13.2 Å². The summed E-state index contributed by atoms with van der Waals surface area (Å²) in [5.41, 5.74) is 1.01. The Morgan fingerprint density at radius 3 is 2.84 bits per heavy atom. The highest BCUT2D eigenvalue weighted by Gasteiger charge is 2.16. The number of thiazole rings is 1. The summed E-state index contributed by atoms with van der Waals surface area (Å²) in [6.07, 6.45) is 3.30. The molecule has 1 aliphatic heterocycles. The van der Waals surface area contributed by atoms with E-state index >= 15 is 0 Å². The number of fused-ring (bicyclic) bond motifs is 2. The van der Waals surface area contributed by atoms with Crippen molar-refractivity contribution < 1.29 is 14.3 Å². The number of rotatable bonds is 3. The number of aromatic nitrogens is 1. The van der Waals surface area contributed by atoms with Gasteiger partial charge in [-0.2, -0.15) is 4.99 Å². The Hall–Kier alpha value is -2.38. The largest absolute Gasteiger partial charge is 0.486 e. The lowest BCUT2D eigenvalue weighted by molar-refractivity contribution is -0.113. The zero-order chi connectivity index (χ0) is 17.2. The minimum Gasteiger partial charge on any atom is -0.486 e. The van der Waals surface area contributed by atoms with E-state index in [-0.39, 0.29) is 5.91 Å². The molecule has 7 heteroatoms. The van der Waals surface area contributed by atoms with Crippen molar-refractivity contribution in [2.75, 3.05) is 13.2 Å². The molecule has 0 radical (unpaired) electrons. The fourth-order valence-corrected chi connectivity index (χ4v) is 4.40. The molecule has 1 amide bonds. The number of ether oxygens (including phenoxy) is 2. The Morgan fingerprint density at radius 1 is 1.32 bits per heavy atom. The molecule has 0 saturated carbocycles. The molecule has 0 N–H and O–H groups in total. The van der Waals surface area contributed by atoms with Crippen molar-refractivity contribution in [3.05, 3.63) is 45.4 Å². The summed E-state index contributed by atoms with van der Waals surface area (Å²) in [6.45, 7) is 3.87. The van der Waals surface area contributed by atoms with Crippen LogP contribution in [0.2, 0.25) is 0 Å². The number of benzene rings is 1. The molecular formula is C18H16N2O3S2. The molecule has 0 atom stereocenters. The lowest BCUT2D eigenvalue weighted by atomic mass is 10.2. The molecule has 5 nitrogen and oxygen atoms in total. The summed E-state index contributed by atoms with van der Waals surface area (Å²) in [4.78, 5) is 18.2. The molecule has 4 rings (SSSR count). The van der Waals surface area contributed by atoms with Crippen LogP contribution in [0.5, 0.6) is 11.5 Å². The molecule has 25 heavy (non-hydrogen) atoms. The van der Waals surface area contributed by atoms with Crippen molar-refractivity contribution in [1.82, 2.24) is 4.57 Å². The number of carbonyl (C=O) groups excluding carboxylic acids is 1. The molecular weight excluding hydrogens is 356 g/mol. The molecule has 3 aromatic rings. The predicted molar refractivity (Wildman–Crippen MR) is 100 cm³/mol. The Balaban J connectivity index is 1.74. The topological polar surface area (TPSA) is 52.8 Å². The van der Waals surface area contributed by atoms with Crippen LogP contribution in [-0.2, 0) is 11.3 Å². The van der Waals surface area contributed by atoms with Crippen molar-refractivity contribution in [2.45, 2.75) is 13.5 Å². The van der Waals surface area contributed by atoms with Crippen molar-refractivity contribution >= 4 is 44.9 Å². The zero-order valence-corrected chi connectivity index (χ0v) is 15.2. The van der Waals surface area contributed by atoms with Gasteiger partial charge < -0.3 is 14.0 Å². The van der Waals surface area contributed by atoms with Crippen molar-refractivity contribution in [3.8, 4) is 11.5 Å². The second-order valence-corrected chi connectivity index (χ2v) is 7.38. The first-order valence-electron chi connectivity index (χ1n) is 7.98. The van der Waals surface area contributed by atoms with E-state index in [1.165, 1.54) is 17.4 Å². The van der Waals surface area contributed by atoms with E-state index < -0.39 is 0 Å². The smallest absolute Gasteiger partial charge is 0.272 e. The molecule has 0 unspecified atom stereocenters. The summed E-state index contributed by atoms with van der Waals surface area (Å²) < 4.78 is 14.4. The molecule has 0 saturated heterocycles. The second-order valence-electron chi connectivity index (χ2n) is 5.39. The molecule has 2 aromatic heterocycles. The number of nitrogens with zero attached hydrogens (tertiary/aromatic N) is 2. The fourth-order valence-electron chi connectivity index (χ4n) is 2.67. The van der Waals surface area contributed by atoms with E-state index in [0.717, 1.165) is 33.1 Å². The summed E-state index contributed by atoms with van der Waals surface area (Å²) in [7, 11) is 0. The lowest BCUT2D eigenvalue weighted by Gasteiger charge is -2.18. The van der Waals surface area contributed by atoms with Gasteiger partial charge in [0.05, 0.1) is 10.2 Å². The van der Waals surface area contributed by atoms with Gasteiger partial charge in [-0.3, -0.25) is 4.79 Å². The van der Waals surface area contributed by atoms with Crippen LogP contribution in [0.1, 0.15) is 11.8 Å². The van der Waals surface area contributed by atoms with E-state index in [0.29, 0.717) is 18.0 Å². The lowest BCUT2D eigenvalue weighted by Crippen LogP contribution is -2.16. The first-order valence-corrected chi connectivity index (χ1v) is 9.67. The minimum absolute atomic E-state index is 0.264. The highest BCUT2D eigenvalue weighted by Crippen LogP contribution is 2.35. The Morgan fingerprint density at radius 2 is 2.12 bits per heavy atom. The first-order chi connectivity index (χ1) is 12.2. The third-order valence-electron chi connectivity index (χ3n) is 3.80. The summed E-state index contributed by atoms with van der Waals surface area (Å²) in [5, 5.41) is 1.98. The normalized spacial score (nSPS) is 14.5.